The molecular weight excluding hydrogens is 314 g/mol. The number of hydrogen-bond acceptors (Lipinski definition) is 5. The molecule has 1 aliphatic heterocycles. The van der Waals surface area contributed by atoms with Gasteiger partial charge in [-0.25, -0.2) is 0 Å². The molecule has 0 bridgehead atoms. The summed E-state index contributed by atoms with van der Waals surface area (Å²) in [5.41, 5.74) is 2.02. The Hall–Kier alpha value is -2.34. The molecule has 132 valence electrons. The molecular formula is C19H25N5O. The third kappa shape index (κ3) is 3.85. The van der Waals surface area contributed by atoms with Crippen LogP contribution in [0.5, 0.6) is 0 Å². The minimum Gasteiger partial charge on any atom is -0.403 e. The average Bonchev–Trinajstić information content (AvgIpc) is 3.29. The summed E-state index contributed by atoms with van der Waals surface area (Å²) in [7, 11) is 0. The van der Waals surface area contributed by atoms with Gasteiger partial charge in [-0.1, -0.05) is 29.7 Å². The van der Waals surface area contributed by atoms with Gasteiger partial charge in [-0.05, 0) is 51.4 Å². The Morgan fingerprint density at radius 2 is 1.96 bits per heavy atom. The lowest BCUT2D eigenvalue weighted by molar-refractivity contribution is 0.225. The van der Waals surface area contributed by atoms with Crippen LogP contribution in [0.15, 0.2) is 34.9 Å². The van der Waals surface area contributed by atoms with Gasteiger partial charge in [0.15, 0.2) is 0 Å². The highest BCUT2D eigenvalue weighted by molar-refractivity contribution is 5.93. The number of hydrogen-bond donors (Lipinski definition) is 2. The molecule has 0 saturated carbocycles. The van der Waals surface area contributed by atoms with Crippen LogP contribution in [0.2, 0.25) is 0 Å². The van der Waals surface area contributed by atoms with E-state index in [1.54, 1.807) is 0 Å². The van der Waals surface area contributed by atoms with Crippen molar-refractivity contribution in [2.24, 2.45) is 0 Å². The molecule has 0 aliphatic carbocycles. The lowest BCUT2D eigenvalue weighted by Gasteiger charge is -2.26. The largest absolute Gasteiger partial charge is 0.403 e. The fraction of sp³-hybridized carbons (Fsp3) is 0.474. The van der Waals surface area contributed by atoms with Crippen molar-refractivity contribution in [2.45, 2.75) is 32.1 Å². The van der Waals surface area contributed by atoms with Crippen LogP contribution in [-0.4, -0.2) is 46.3 Å². The molecule has 1 aromatic carbocycles. The molecule has 0 spiro atoms. The minimum absolute atomic E-state index is 0.498. The van der Waals surface area contributed by atoms with Crippen molar-refractivity contribution in [3.05, 3.63) is 30.5 Å². The number of para-hydroxylation sites is 1. The van der Waals surface area contributed by atoms with E-state index in [1.807, 2.05) is 24.4 Å². The van der Waals surface area contributed by atoms with Gasteiger partial charge >= 0.3 is 6.01 Å². The van der Waals surface area contributed by atoms with Crippen LogP contribution in [0.4, 0.5) is 6.01 Å². The van der Waals surface area contributed by atoms with Crippen molar-refractivity contribution in [1.29, 1.82) is 0 Å². The highest BCUT2D eigenvalue weighted by Crippen LogP contribution is 2.28. The van der Waals surface area contributed by atoms with Gasteiger partial charge in [0, 0.05) is 23.6 Å². The van der Waals surface area contributed by atoms with E-state index in [-0.39, 0.29) is 0 Å². The fourth-order valence-corrected chi connectivity index (χ4v) is 3.49. The summed E-state index contributed by atoms with van der Waals surface area (Å²) < 4.78 is 5.77. The first-order chi connectivity index (χ1) is 12.4. The molecule has 6 nitrogen and oxygen atoms in total. The zero-order chi connectivity index (χ0) is 16.9. The predicted octanol–water partition coefficient (Wildman–Crippen LogP) is 3.90. The minimum atomic E-state index is 0.498. The third-order valence-electron chi connectivity index (χ3n) is 4.87. The van der Waals surface area contributed by atoms with E-state index < -0.39 is 0 Å². The van der Waals surface area contributed by atoms with Crippen molar-refractivity contribution in [2.75, 3.05) is 31.5 Å². The number of likely N-dealkylation sites (tertiary alicyclic amines) is 1. The monoisotopic (exact) mass is 339 g/mol. The van der Waals surface area contributed by atoms with Gasteiger partial charge in [0.05, 0.1) is 5.56 Å². The van der Waals surface area contributed by atoms with Crippen molar-refractivity contribution >= 4 is 16.9 Å². The molecule has 3 heterocycles. The first-order valence-corrected chi connectivity index (χ1v) is 9.26. The number of aromatic nitrogens is 3. The van der Waals surface area contributed by atoms with Crippen molar-refractivity contribution in [1.82, 2.24) is 20.1 Å². The molecule has 2 aromatic heterocycles. The second kappa shape index (κ2) is 7.70. The van der Waals surface area contributed by atoms with Crippen LogP contribution in [0.1, 0.15) is 32.1 Å². The molecule has 2 N–H and O–H groups in total. The lowest BCUT2D eigenvalue weighted by Crippen LogP contribution is -2.30. The fourth-order valence-electron chi connectivity index (χ4n) is 3.49. The van der Waals surface area contributed by atoms with Gasteiger partial charge in [0.2, 0.25) is 0 Å². The maximum absolute atomic E-state index is 5.77. The summed E-state index contributed by atoms with van der Waals surface area (Å²) in [5.74, 6) is 0.549. The van der Waals surface area contributed by atoms with Gasteiger partial charge in [-0.2, -0.15) is 0 Å². The number of rotatable bonds is 7. The Morgan fingerprint density at radius 1 is 1.08 bits per heavy atom. The van der Waals surface area contributed by atoms with E-state index in [1.165, 1.54) is 45.3 Å². The maximum Gasteiger partial charge on any atom is 0.315 e. The van der Waals surface area contributed by atoms with Gasteiger partial charge in [0.1, 0.15) is 0 Å². The third-order valence-corrected chi connectivity index (χ3v) is 4.87. The van der Waals surface area contributed by atoms with Crippen LogP contribution in [0.3, 0.4) is 0 Å². The molecule has 0 unspecified atom stereocenters. The molecule has 1 saturated heterocycles. The molecule has 0 radical (unpaired) electrons. The Kier molecular flexibility index (Phi) is 4.97. The van der Waals surface area contributed by atoms with E-state index in [4.69, 9.17) is 4.42 Å². The van der Waals surface area contributed by atoms with Gasteiger partial charge < -0.3 is 19.6 Å². The van der Waals surface area contributed by atoms with Gasteiger partial charge in [-0.15, -0.1) is 5.10 Å². The molecule has 0 amide bonds. The summed E-state index contributed by atoms with van der Waals surface area (Å²) in [6, 6.07) is 8.61. The Bertz CT molecular complexity index is 803. The number of H-pyrrole nitrogens is 1. The smallest absolute Gasteiger partial charge is 0.315 e. The average molecular weight is 339 g/mol. The number of aromatic amines is 1. The summed E-state index contributed by atoms with van der Waals surface area (Å²) in [4.78, 5) is 5.81. The number of nitrogens with one attached hydrogen (secondary N) is 2. The Balaban J connectivity index is 1.27. The van der Waals surface area contributed by atoms with Crippen molar-refractivity contribution in [3.8, 4) is 11.5 Å². The zero-order valence-electron chi connectivity index (χ0n) is 14.5. The van der Waals surface area contributed by atoms with Crippen molar-refractivity contribution in [3.63, 3.8) is 0 Å². The topological polar surface area (TPSA) is 70.0 Å². The Morgan fingerprint density at radius 3 is 2.88 bits per heavy atom. The molecule has 25 heavy (non-hydrogen) atoms. The van der Waals surface area contributed by atoms with Crippen LogP contribution in [0.25, 0.3) is 22.4 Å². The van der Waals surface area contributed by atoms with E-state index in [0.29, 0.717) is 11.9 Å². The van der Waals surface area contributed by atoms with Gasteiger partial charge in [-0.3, -0.25) is 0 Å². The standard InChI is InChI=1S/C19H25N5O/c1-5-11-24(12-6-1)13-7-4-10-20-19-23-22-18(25-19)16-14-21-17-9-3-2-8-15(16)17/h2-3,8-9,14,21H,1,4-7,10-13H2,(H,20,23). The first-order valence-electron chi connectivity index (χ1n) is 9.26. The van der Waals surface area contributed by atoms with Crippen LogP contribution >= 0.6 is 0 Å². The molecule has 1 fully saturated rings. The quantitative estimate of drug-likeness (QED) is 0.639. The summed E-state index contributed by atoms with van der Waals surface area (Å²) in [5, 5.41) is 12.6. The number of piperidine rings is 1. The van der Waals surface area contributed by atoms with Gasteiger partial charge in [0.25, 0.3) is 5.89 Å². The zero-order valence-corrected chi connectivity index (χ0v) is 14.5. The molecule has 3 aromatic rings. The normalized spacial score (nSPS) is 15.7. The highest BCUT2D eigenvalue weighted by Gasteiger charge is 2.13. The molecule has 4 rings (SSSR count). The van der Waals surface area contributed by atoms with E-state index >= 15 is 0 Å². The van der Waals surface area contributed by atoms with Crippen molar-refractivity contribution < 1.29 is 4.42 Å². The van der Waals surface area contributed by atoms with Crippen LogP contribution < -0.4 is 5.32 Å². The molecule has 0 atom stereocenters. The first kappa shape index (κ1) is 16.1. The van der Waals surface area contributed by atoms with Crippen LogP contribution in [-0.2, 0) is 0 Å². The van der Waals surface area contributed by atoms with E-state index in [9.17, 15) is 0 Å². The summed E-state index contributed by atoms with van der Waals surface area (Å²) in [6.45, 7) is 4.60. The maximum atomic E-state index is 5.77. The number of unbranched alkanes of at least 4 members (excludes halogenated alkanes) is 1. The Labute approximate surface area is 147 Å². The lowest BCUT2D eigenvalue weighted by atomic mass is 10.1. The number of fused-ring (bicyclic) bond motifs is 1. The highest BCUT2D eigenvalue weighted by atomic mass is 16.4. The second-order valence-electron chi connectivity index (χ2n) is 6.70. The number of anilines is 1. The van der Waals surface area contributed by atoms with Crippen LogP contribution in [0, 0.1) is 0 Å². The second-order valence-corrected chi connectivity index (χ2v) is 6.70. The molecule has 1 aliphatic rings. The number of nitrogens with zero attached hydrogens (tertiary/aromatic N) is 3. The summed E-state index contributed by atoms with van der Waals surface area (Å²) >= 11 is 0. The molecule has 6 heteroatoms. The number of benzene rings is 1. The SMILES string of the molecule is c1ccc2c(-c3nnc(NCCCCN4CCCCC4)o3)c[nH]c2c1. The predicted molar refractivity (Wildman–Crippen MR) is 99.6 cm³/mol. The summed E-state index contributed by atoms with van der Waals surface area (Å²) in [6.07, 6.45) is 8.35. The van der Waals surface area contributed by atoms with E-state index in [2.05, 4.69) is 31.5 Å². The van der Waals surface area contributed by atoms with E-state index in [0.717, 1.165) is 29.4 Å².